The normalized spacial score (nSPS) is 18.8. The predicted molar refractivity (Wildman–Crippen MR) is 157 cm³/mol. The molecule has 3 aliphatic rings. The van der Waals surface area contributed by atoms with E-state index < -0.39 is 23.7 Å². The highest BCUT2D eigenvalue weighted by Crippen LogP contribution is 2.62. The van der Waals surface area contributed by atoms with Crippen molar-refractivity contribution in [3.63, 3.8) is 0 Å². The van der Waals surface area contributed by atoms with Crippen LogP contribution < -0.4 is 10.2 Å². The second-order valence-corrected chi connectivity index (χ2v) is 12.0. The van der Waals surface area contributed by atoms with Crippen molar-refractivity contribution in [1.82, 2.24) is 0 Å². The summed E-state index contributed by atoms with van der Waals surface area (Å²) in [5.41, 5.74) is 7.01. The Labute approximate surface area is 229 Å². The van der Waals surface area contributed by atoms with Gasteiger partial charge in [0.2, 0.25) is 0 Å². The lowest BCUT2D eigenvalue weighted by atomic mass is 9.64. The maximum atomic E-state index is 6.83. The van der Waals surface area contributed by atoms with E-state index in [9.17, 15) is 0 Å². The summed E-state index contributed by atoms with van der Waals surface area (Å²) in [6.07, 6.45) is 0. The fraction of sp³-hybridized carbons (Fsp3) is 0.200. The molecule has 5 aromatic carbocycles. The van der Waals surface area contributed by atoms with Crippen molar-refractivity contribution in [2.24, 2.45) is 0 Å². The Hall–Kier alpha value is -3.86. The molecule has 39 heavy (non-hydrogen) atoms. The van der Waals surface area contributed by atoms with Crippen molar-refractivity contribution in [3.05, 3.63) is 125 Å². The summed E-state index contributed by atoms with van der Waals surface area (Å²) in [7, 11) is -0.456. The molecule has 0 N–H and O–H groups in total. The highest BCUT2D eigenvalue weighted by molar-refractivity contribution is 6.62. The van der Waals surface area contributed by atoms with Crippen LogP contribution in [0.15, 0.2) is 103 Å². The van der Waals surface area contributed by atoms with E-state index in [0.717, 1.165) is 33.5 Å². The number of hydrogen-bond donors (Lipinski definition) is 0. The van der Waals surface area contributed by atoms with Gasteiger partial charge in [-0.2, -0.15) is 0 Å². The van der Waals surface area contributed by atoms with E-state index in [1.54, 1.807) is 0 Å². The zero-order chi connectivity index (χ0) is 26.6. The van der Waals surface area contributed by atoms with Gasteiger partial charge in [-0.25, -0.2) is 0 Å². The molecule has 0 aromatic heterocycles. The third-order valence-corrected chi connectivity index (χ3v) is 9.38. The first-order valence-electron chi connectivity index (χ1n) is 13.7. The molecule has 0 bridgehead atoms. The van der Waals surface area contributed by atoms with Crippen molar-refractivity contribution in [2.45, 2.75) is 44.3 Å². The summed E-state index contributed by atoms with van der Waals surface area (Å²) in [6, 6.07) is 37.1. The van der Waals surface area contributed by atoms with Crippen molar-refractivity contribution in [3.8, 4) is 22.6 Å². The largest absolute Gasteiger partial charge is 0.494 e. The van der Waals surface area contributed by atoms with Gasteiger partial charge in [-0.15, -0.1) is 0 Å². The van der Waals surface area contributed by atoms with Crippen LogP contribution in [0.1, 0.15) is 49.9 Å². The number of benzene rings is 5. The highest BCUT2D eigenvalue weighted by atomic mass is 16.7. The fourth-order valence-corrected chi connectivity index (χ4v) is 6.77. The molecular formula is C35H29BO3. The Morgan fingerprint density at radius 2 is 1.18 bits per heavy atom. The molecule has 1 aliphatic carbocycles. The minimum atomic E-state index is -0.528. The quantitative estimate of drug-likeness (QED) is 0.214. The van der Waals surface area contributed by atoms with Gasteiger partial charge in [0, 0.05) is 16.5 Å². The molecule has 0 saturated carbocycles. The monoisotopic (exact) mass is 508 g/mol. The van der Waals surface area contributed by atoms with Crippen molar-refractivity contribution >= 4 is 23.4 Å². The third kappa shape index (κ3) is 2.91. The van der Waals surface area contributed by atoms with E-state index in [1.807, 2.05) is 0 Å². The van der Waals surface area contributed by atoms with Crippen LogP contribution >= 0.6 is 0 Å². The number of rotatable bonds is 1. The lowest BCUT2D eigenvalue weighted by Gasteiger charge is -2.40. The van der Waals surface area contributed by atoms with Crippen LogP contribution in [0.3, 0.4) is 0 Å². The van der Waals surface area contributed by atoms with Gasteiger partial charge in [0.25, 0.3) is 0 Å². The van der Waals surface area contributed by atoms with Gasteiger partial charge < -0.3 is 14.0 Å². The van der Waals surface area contributed by atoms with E-state index in [1.165, 1.54) is 27.6 Å². The van der Waals surface area contributed by atoms with Crippen LogP contribution in [0.4, 0.5) is 0 Å². The molecule has 0 unspecified atom stereocenters. The van der Waals surface area contributed by atoms with Crippen molar-refractivity contribution < 1.29 is 14.0 Å². The van der Waals surface area contributed by atoms with Gasteiger partial charge in [0.1, 0.15) is 11.5 Å². The first kappa shape index (κ1) is 23.1. The summed E-state index contributed by atoms with van der Waals surface area (Å²) < 4.78 is 19.8. The van der Waals surface area contributed by atoms with Crippen LogP contribution in [0.2, 0.25) is 0 Å². The second kappa shape index (κ2) is 7.62. The number of fused-ring (bicyclic) bond motifs is 11. The zero-order valence-corrected chi connectivity index (χ0v) is 22.6. The third-order valence-electron chi connectivity index (χ3n) is 9.38. The predicted octanol–water partition coefficient (Wildman–Crippen LogP) is 7.61. The minimum Gasteiger partial charge on any atom is -0.456 e. The minimum absolute atomic E-state index is 0.417. The smallest absolute Gasteiger partial charge is 0.456 e. The second-order valence-electron chi connectivity index (χ2n) is 12.0. The molecule has 0 amide bonds. The Morgan fingerprint density at radius 1 is 0.564 bits per heavy atom. The summed E-state index contributed by atoms with van der Waals surface area (Å²) in [4.78, 5) is 0. The number of ether oxygens (including phenoxy) is 1. The molecule has 2 heterocycles. The molecule has 1 spiro atoms. The van der Waals surface area contributed by atoms with Crippen molar-refractivity contribution in [1.29, 1.82) is 0 Å². The molecule has 8 rings (SSSR count). The average Bonchev–Trinajstić information content (AvgIpc) is 3.36. The van der Waals surface area contributed by atoms with Crippen molar-refractivity contribution in [2.75, 3.05) is 0 Å². The molecule has 1 saturated heterocycles. The molecule has 0 atom stereocenters. The van der Waals surface area contributed by atoms with Crippen LogP contribution in [-0.4, -0.2) is 18.3 Å². The molecule has 4 heteroatoms. The van der Waals surface area contributed by atoms with Gasteiger partial charge in [-0.3, -0.25) is 0 Å². The fourth-order valence-electron chi connectivity index (χ4n) is 6.77. The van der Waals surface area contributed by atoms with E-state index in [-0.39, 0.29) is 0 Å². The van der Waals surface area contributed by atoms with Gasteiger partial charge >= 0.3 is 7.12 Å². The summed E-state index contributed by atoms with van der Waals surface area (Å²) in [5.74, 6) is 1.79. The lowest BCUT2D eigenvalue weighted by Crippen LogP contribution is -2.41. The first-order chi connectivity index (χ1) is 18.8. The summed E-state index contributed by atoms with van der Waals surface area (Å²) >= 11 is 0. The Morgan fingerprint density at radius 3 is 1.87 bits per heavy atom. The molecular weight excluding hydrogens is 479 g/mol. The van der Waals surface area contributed by atoms with E-state index in [4.69, 9.17) is 14.0 Å². The lowest BCUT2D eigenvalue weighted by molar-refractivity contribution is 0.00578. The van der Waals surface area contributed by atoms with Crippen LogP contribution in [0.25, 0.3) is 21.9 Å². The van der Waals surface area contributed by atoms with Gasteiger partial charge in [0.15, 0.2) is 0 Å². The standard InChI is InChI=1S/C35H29BO3/c1-33(2)34(3,4)39-36(38-33)23-18-20-31-30(21-23)35(29-19-17-22-11-5-6-12-24(22)32(29)37-31)27-15-9-7-13-25(27)26-14-8-10-16-28(26)35/h5-21H,1-4H3. The van der Waals surface area contributed by atoms with Crippen LogP contribution in [0, 0.1) is 0 Å². The Balaban J connectivity index is 1.46. The average molecular weight is 508 g/mol. The summed E-state index contributed by atoms with van der Waals surface area (Å²) in [6.45, 7) is 8.39. The first-order valence-corrected chi connectivity index (χ1v) is 13.7. The molecule has 1 fully saturated rings. The molecule has 5 aromatic rings. The molecule has 3 nitrogen and oxygen atoms in total. The van der Waals surface area contributed by atoms with Gasteiger partial charge in [-0.1, -0.05) is 97.1 Å². The van der Waals surface area contributed by atoms with E-state index in [2.05, 4.69) is 131 Å². The van der Waals surface area contributed by atoms with Crippen LogP contribution in [-0.2, 0) is 14.7 Å². The number of hydrogen-bond acceptors (Lipinski definition) is 3. The van der Waals surface area contributed by atoms with Crippen LogP contribution in [0.5, 0.6) is 11.5 Å². The highest BCUT2D eigenvalue weighted by Gasteiger charge is 2.54. The van der Waals surface area contributed by atoms with E-state index in [0.29, 0.717) is 0 Å². The summed E-state index contributed by atoms with van der Waals surface area (Å²) in [5, 5.41) is 2.29. The van der Waals surface area contributed by atoms with E-state index >= 15 is 0 Å². The molecule has 2 aliphatic heterocycles. The topological polar surface area (TPSA) is 27.7 Å². The zero-order valence-electron chi connectivity index (χ0n) is 22.6. The Bertz CT molecular complexity index is 1760. The molecule has 190 valence electrons. The van der Waals surface area contributed by atoms with Gasteiger partial charge in [-0.05, 0) is 66.9 Å². The SMILES string of the molecule is CC1(C)OB(c2ccc3c(c2)C2(c4ccccc4-c4ccccc42)c2ccc4ccccc4c2O3)OC1(C)C. The maximum absolute atomic E-state index is 6.83. The molecule has 0 radical (unpaired) electrons. The Kier molecular flexibility index (Phi) is 4.51. The maximum Gasteiger partial charge on any atom is 0.494 e. The van der Waals surface area contributed by atoms with Gasteiger partial charge in [0.05, 0.1) is 16.6 Å².